The monoisotopic (exact) mass is 319 g/mol. The van der Waals surface area contributed by atoms with Crippen molar-refractivity contribution in [1.29, 1.82) is 0 Å². The largest absolute Gasteiger partial charge is 0.397 e. The summed E-state index contributed by atoms with van der Waals surface area (Å²) in [6.45, 7) is 0.945. The van der Waals surface area contributed by atoms with Crippen molar-refractivity contribution in [2.45, 2.75) is 36.6 Å². The van der Waals surface area contributed by atoms with Gasteiger partial charge in [-0.3, -0.25) is 4.55 Å². The molecule has 0 saturated carbocycles. The van der Waals surface area contributed by atoms with Crippen molar-refractivity contribution in [2.75, 3.05) is 18.1 Å². The van der Waals surface area contributed by atoms with Crippen LogP contribution in [0.3, 0.4) is 0 Å². The van der Waals surface area contributed by atoms with Gasteiger partial charge in [-0.1, -0.05) is 0 Å². The van der Waals surface area contributed by atoms with Gasteiger partial charge in [0.25, 0.3) is 0 Å². The molecule has 1 unspecified atom stereocenters. The molecule has 0 aromatic carbocycles. The van der Waals surface area contributed by atoms with E-state index < -0.39 is 51.0 Å². The first-order valence-electron chi connectivity index (χ1n) is 5.62. The van der Waals surface area contributed by atoms with Crippen LogP contribution in [0.4, 0.5) is 0 Å². The van der Waals surface area contributed by atoms with Crippen molar-refractivity contribution in [3.63, 3.8) is 0 Å². The first-order chi connectivity index (χ1) is 8.65. The molecule has 0 aromatic heterocycles. The highest BCUT2D eigenvalue weighted by Crippen LogP contribution is 2.25. The van der Waals surface area contributed by atoms with E-state index in [0.29, 0.717) is 0 Å². The van der Waals surface area contributed by atoms with Crippen LogP contribution in [-0.4, -0.2) is 81.2 Å². The highest BCUT2D eigenvalue weighted by molar-refractivity contribution is 7.97. The summed E-state index contributed by atoms with van der Waals surface area (Å²) >= 11 is 0. The normalized spacial score (nSPS) is 35.3. The third-order valence-corrected chi connectivity index (χ3v) is 6.34. The molecule has 8 nitrogen and oxygen atoms in total. The summed E-state index contributed by atoms with van der Waals surface area (Å²) in [5.74, 6) is 0.290. The Hall–Kier alpha value is 0.0600. The molecule has 1 aliphatic heterocycles. The van der Waals surface area contributed by atoms with Crippen molar-refractivity contribution in [2.24, 2.45) is 0 Å². The topological polar surface area (TPSA) is 145 Å². The Morgan fingerprint density at radius 2 is 2.00 bits per heavy atom. The van der Waals surface area contributed by atoms with E-state index in [1.807, 2.05) is 0 Å². The van der Waals surface area contributed by atoms with E-state index in [1.54, 1.807) is 0 Å². The summed E-state index contributed by atoms with van der Waals surface area (Å²) in [6, 6.07) is 0. The SMILES string of the molecule is C[C@H](OS(=O)(=O)O)[C@H](O)C[S+]1C[C@@H](O)[C@H](O)[C@H]1CO. The summed E-state index contributed by atoms with van der Waals surface area (Å²) in [6.07, 6.45) is -4.38. The highest BCUT2D eigenvalue weighted by Gasteiger charge is 2.50. The highest BCUT2D eigenvalue weighted by atomic mass is 32.3. The van der Waals surface area contributed by atoms with Crippen LogP contribution in [0, 0.1) is 0 Å². The van der Waals surface area contributed by atoms with Crippen LogP contribution < -0.4 is 0 Å². The third kappa shape index (κ3) is 4.83. The van der Waals surface area contributed by atoms with Gasteiger partial charge < -0.3 is 20.4 Å². The van der Waals surface area contributed by atoms with E-state index in [1.165, 1.54) is 6.92 Å². The molecule has 0 bridgehead atoms. The summed E-state index contributed by atoms with van der Waals surface area (Å²) in [5.41, 5.74) is 0. The third-order valence-electron chi connectivity index (χ3n) is 2.97. The average Bonchev–Trinajstić information content (AvgIpc) is 2.51. The molecule has 5 N–H and O–H groups in total. The predicted octanol–water partition coefficient (Wildman–Crippen LogP) is -2.73. The van der Waals surface area contributed by atoms with E-state index >= 15 is 0 Å². The molecule has 0 aromatic rings. The van der Waals surface area contributed by atoms with E-state index in [0.717, 1.165) is 0 Å². The van der Waals surface area contributed by atoms with Crippen LogP contribution in [0.25, 0.3) is 0 Å². The van der Waals surface area contributed by atoms with E-state index in [9.17, 15) is 23.7 Å². The molecule has 1 aliphatic rings. The van der Waals surface area contributed by atoms with Gasteiger partial charge in [-0.05, 0) is 6.92 Å². The van der Waals surface area contributed by atoms with Crippen LogP contribution in [0.15, 0.2) is 0 Å². The first-order valence-corrected chi connectivity index (χ1v) is 8.62. The van der Waals surface area contributed by atoms with Crippen LogP contribution >= 0.6 is 0 Å². The van der Waals surface area contributed by atoms with Gasteiger partial charge in [0.1, 0.15) is 35.9 Å². The number of aliphatic hydroxyl groups is 4. The van der Waals surface area contributed by atoms with Crippen molar-refractivity contribution in [1.82, 2.24) is 0 Å². The molecule has 114 valence electrons. The number of aliphatic hydroxyl groups excluding tert-OH is 4. The van der Waals surface area contributed by atoms with Crippen LogP contribution in [0.2, 0.25) is 0 Å². The molecule has 0 aliphatic carbocycles. The second-order valence-electron chi connectivity index (χ2n) is 4.45. The molecule has 1 rings (SSSR count). The summed E-state index contributed by atoms with van der Waals surface area (Å²) < 4.78 is 33.8. The number of hydrogen-bond acceptors (Lipinski definition) is 7. The summed E-state index contributed by atoms with van der Waals surface area (Å²) in [7, 11) is -5.31. The maximum absolute atomic E-state index is 10.5. The Bertz CT molecular complexity index is 386. The first kappa shape index (κ1) is 17.1. The molecule has 0 spiro atoms. The second kappa shape index (κ2) is 6.68. The minimum atomic E-state index is -4.65. The number of hydrogen-bond donors (Lipinski definition) is 5. The fourth-order valence-corrected chi connectivity index (χ4v) is 5.18. The molecule has 1 saturated heterocycles. The van der Waals surface area contributed by atoms with E-state index in [4.69, 9.17) is 9.66 Å². The lowest BCUT2D eigenvalue weighted by molar-refractivity contribution is 0.0324. The Labute approximate surface area is 114 Å². The maximum Gasteiger partial charge on any atom is 0.397 e. The smallest absolute Gasteiger partial charge is 0.391 e. The molecule has 0 radical (unpaired) electrons. The minimum Gasteiger partial charge on any atom is -0.391 e. The standard InChI is InChI=1S/C9H18O8S2/c1-5(17-19(14,15)16)6(11)3-18-4-7(12)9(13)8(18)2-10/h5-13H,2-4H2,1H3/p+1/t5-,6+,7+,8+,9-,18?/m0/s1. The van der Waals surface area contributed by atoms with Gasteiger partial charge in [0.2, 0.25) is 0 Å². The molecule has 10 heteroatoms. The molecule has 19 heavy (non-hydrogen) atoms. The Balaban J connectivity index is 2.59. The zero-order valence-corrected chi connectivity index (χ0v) is 11.9. The van der Waals surface area contributed by atoms with Gasteiger partial charge in [-0.15, -0.1) is 0 Å². The van der Waals surface area contributed by atoms with E-state index in [-0.39, 0.29) is 18.1 Å². The summed E-state index contributed by atoms with van der Waals surface area (Å²) in [4.78, 5) is 0. The lowest BCUT2D eigenvalue weighted by Crippen LogP contribution is -2.40. The van der Waals surface area contributed by atoms with Gasteiger partial charge in [-0.2, -0.15) is 8.42 Å². The van der Waals surface area contributed by atoms with Gasteiger partial charge in [-0.25, -0.2) is 4.18 Å². The zero-order chi connectivity index (χ0) is 14.8. The lowest BCUT2D eigenvalue weighted by Gasteiger charge is -2.18. The van der Waals surface area contributed by atoms with E-state index in [2.05, 4.69) is 4.18 Å². The van der Waals surface area contributed by atoms with Crippen molar-refractivity contribution >= 4 is 21.3 Å². The van der Waals surface area contributed by atoms with Crippen LogP contribution in [0.1, 0.15) is 6.92 Å². The molecule has 1 heterocycles. The van der Waals surface area contributed by atoms with Crippen LogP contribution in [-0.2, 0) is 25.5 Å². The average molecular weight is 319 g/mol. The fraction of sp³-hybridized carbons (Fsp3) is 1.00. The second-order valence-corrected chi connectivity index (χ2v) is 7.84. The fourth-order valence-electron chi connectivity index (χ4n) is 1.90. The summed E-state index contributed by atoms with van der Waals surface area (Å²) in [5, 5.41) is 37.5. The van der Waals surface area contributed by atoms with Gasteiger partial charge >= 0.3 is 10.4 Å². The Morgan fingerprint density at radius 1 is 1.42 bits per heavy atom. The quantitative estimate of drug-likeness (QED) is 0.262. The van der Waals surface area contributed by atoms with Gasteiger partial charge in [0.05, 0.1) is 6.61 Å². The van der Waals surface area contributed by atoms with Gasteiger partial charge in [0.15, 0.2) is 5.25 Å². The number of rotatable bonds is 6. The zero-order valence-electron chi connectivity index (χ0n) is 10.3. The van der Waals surface area contributed by atoms with Crippen molar-refractivity contribution in [3.05, 3.63) is 0 Å². The predicted molar refractivity (Wildman–Crippen MR) is 68.1 cm³/mol. The Morgan fingerprint density at radius 3 is 2.47 bits per heavy atom. The van der Waals surface area contributed by atoms with Crippen molar-refractivity contribution < 1.29 is 37.6 Å². The molecular formula is C9H19O8S2+. The molecule has 1 fully saturated rings. The lowest BCUT2D eigenvalue weighted by atomic mass is 10.2. The van der Waals surface area contributed by atoms with Crippen LogP contribution in [0.5, 0.6) is 0 Å². The van der Waals surface area contributed by atoms with Gasteiger partial charge in [0, 0.05) is 10.9 Å². The minimum absolute atomic E-state index is 0.0655. The maximum atomic E-state index is 10.5. The molecule has 6 atom stereocenters. The molecular weight excluding hydrogens is 300 g/mol. The molecule has 0 amide bonds. The Kier molecular flexibility index (Phi) is 6.01. The van der Waals surface area contributed by atoms with Crippen molar-refractivity contribution in [3.8, 4) is 0 Å².